The van der Waals surface area contributed by atoms with Crippen LogP contribution < -0.4 is 0 Å². The summed E-state index contributed by atoms with van der Waals surface area (Å²) >= 11 is 0. The summed E-state index contributed by atoms with van der Waals surface area (Å²) in [6, 6.07) is 7.82. The SMILES string of the molecule is CC#N.O=Cc1ccc(O)cc1. The number of hydrogen-bond donors (Lipinski definition) is 1. The zero-order valence-electron chi connectivity index (χ0n) is 6.69. The number of hydrogen-bond acceptors (Lipinski definition) is 3. The average Bonchev–Trinajstić information content (AvgIpc) is 2.07. The molecule has 0 bridgehead atoms. The van der Waals surface area contributed by atoms with Crippen LogP contribution >= 0.6 is 0 Å². The molecule has 3 nitrogen and oxygen atoms in total. The number of carbonyl (C=O) groups is 1. The molecule has 0 aliphatic carbocycles. The molecule has 0 amide bonds. The highest BCUT2D eigenvalue weighted by Crippen LogP contribution is 2.07. The summed E-state index contributed by atoms with van der Waals surface area (Å²) in [4.78, 5) is 10.0. The van der Waals surface area contributed by atoms with Gasteiger partial charge in [0.25, 0.3) is 0 Å². The first-order valence-electron chi connectivity index (χ1n) is 3.29. The second-order valence-electron chi connectivity index (χ2n) is 1.93. The molecule has 0 spiro atoms. The molecule has 0 saturated heterocycles. The molecule has 3 heteroatoms. The van der Waals surface area contributed by atoms with E-state index < -0.39 is 0 Å². The topological polar surface area (TPSA) is 61.1 Å². The highest BCUT2D eigenvalue weighted by atomic mass is 16.3. The number of phenolic OH excluding ortho intramolecular Hbond substituents is 1. The van der Waals surface area contributed by atoms with Crippen molar-refractivity contribution < 1.29 is 9.90 Å². The molecule has 0 atom stereocenters. The minimum absolute atomic E-state index is 0.181. The monoisotopic (exact) mass is 163 g/mol. The van der Waals surface area contributed by atoms with Gasteiger partial charge in [-0.2, -0.15) is 5.26 Å². The molecule has 1 aromatic carbocycles. The Bertz CT molecular complexity index is 272. The van der Waals surface area contributed by atoms with E-state index in [4.69, 9.17) is 10.4 Å². The van der Waals surface area contributed by atoms with Crippen molar-refractivity contribution in [1.29, 1.82) is 5.26 Å². The third kappa shape index (κ3) is 4.07. The van der Waals surface area contributed by atoms with E-state index in [1.165, 1.54) is 19.1 Å². The maximum absolute atomic E-state index is 10.0. The first-order valence-corrected chi connectivity index (χ1v) is 3.29. The molecule has 0 aliphatic rings. The van der Waals surface area contributed by atoms with E-state index in [0.29, 0.717) is 5.56 Å². The maximum atomic E-state index is 10.0. The fraction of sp³-hybridized carbons (Fsp3) is 0.111. The Hall–Kier alpha value is -1.82. The van der Waals surface area contributed by atoms with Crippen LogP contribution in [-0.4, -0.2) is 11.4 Å². The van der Waals surface area contributed by atoms with E-state index in [1.54, 1.807) is 18.2 Å². The van der Waals surface area contributed by atoms with E-state index in [1.807, 2.05) is 0 Å². The van der Waals surface area contributed by atoms with E-state index >= 15 is 0 Å². The van der Waals surface area contributed by atoms with Gasteiger partial charge in [-0.3, -0.25) is 4.79 Å². The van der Waals surface area contributed by atoms with Crippen molar-refractivity contribution >= 4 is 6.29 Å². The molecule has 0 aromatic heterocycles. The Morgan fingerprint density at radius 3 is 2.17 bits per heavy atom. The van der Waals surface area contributed by atoms with Gasteiger partial charge in [0.2, 0.25) is 0 Å². The van der Waals surface area contributed by atoms with Gasteiger partial charge in [0.05, 0.1) is 6.07 Å². The standard InChI is InChI=1S/C7H6O2.C2H3N/c8-5-6-1-3-7(9)4-2-6;1-2-3/h1-5,9H;1H3. The first kappa shape index (κ1) is 10.2. The van der Waals surface area contributed by atoms with Gasteiger partial charge in [-0.15, -0.1) is 0 Å². The largest absolute Gasteiger partial charge is 0.508 e. The second kappa shape index (κ2) is 5.93. The number of carbonyl (C=O) groups excluding carboxylic acids is 1. The van der Waals surface area contributed by atoms with Crippen LogP contribution in [0.4, 0.5) is 0 Å². The number of benzene rings is 1. The molecule has 0 saturated carbocycles. The van der Waals surface area contributed by atoms with Gasteiger partial charge in [-0.05, 0) is 24.3 Å². The van der Waals surface area contributed by atoms with E-state index in [0.717, 1.165) is 6.29 Å². The molecule has 0 fully saturated rings. The van der Waals surface area contributed by atoms with Crippen LogP contribution in [0.1, 0.15) is 17.3 Å². The third-order valence-electron chi connectivity index (χ3n) is 1.03. The van der Waals surface area contributed by atoms with Gasteiger partial charge < -0.3 is 5.11 Å². The molecular weight excluding hydrogens is 154 g/mol. The number of nitriles is 1. The number of aldehydes is 1. The van der Waals surface area contributed by atoms with Crippen molar-refractivity contribution in [2.24, 2.45) is 0 Å². The molecule has 1 N–H and O–H groups in total. The Labute approximate surface area is 70.9 Å². The molecule has 62 valence electrons. The second-order valence-corrected chi connectivity index (χ2v) is 1.93. The van der Waals surface area contributed by atoms with Crippen molar-refractivity contribution in [1.82, 2.24) is 0 Å². The lowest BCUT2D eigenvalue weighted by molar-refractivity contribution is 0.112. The summed E-state index contributed by atoms with van der Waals surface area (Å²) in [7, 11) is 0. The molecule has 0 aliphatic heterocycles. The molecule has 1 rings (SSSR count). The van der Waals surface area contributed by atoms with Crippen molar-refractivity contribution in [3.63, 3.8) is 0 Å². The zero-order chi connectivity index (χ0) is 9.40. The lowest BCUT2D eigenvalue weighted by atomic mass is 10.2. The van der Waals surface area contributed by atoms with Crippen molar-refractivity contribution in [3.8, 4) is 11.8 Å². The molecular formula is C9H9NO2. The fourth-order valence-corrected chi connectivity index (χ4v) is 0.553. The Balaban J connectivity index is 0.000000354. The van der Waals surface area contributed by atoms with Crippen LogP contribution in [0.25, 0.3) is 0 Å². The van der Waals surface area contributed by atoms with Crippen LogP contribution in [0.5, 0.6) is 5.75 Å². The fourth-order valence-electron chi connectivity index (χ4n) is 0.553. The van der Waals surface area contributed by atoms with Crippen LogP contribution in [0.15, 0.2) is 24.3 Å². The summed E-state index contributed by atoms with van der Waals surface area (Å²) in [5, 5.41) is 16.1. The number of phenols is 1. The van der Waals surface area contributed by atoms with E-state index in [2.05, 4.69) is 0 Å². The maximum Gasteiger partial charge on any atom is 0.150 e. The summed E-state index contributed by atoms with van der Waals surface area (Å²) in [5.74, 6) is 0.181. The molecule has 0 heterocycles. The summed E-state index contributed by atoms with van der Waals surface area (Å²) in [6.07, 6.45) is 0.736. The average molecular weight is 163 g/mol. The predicted molar refractivity (Wildman–Crippen MR) is 44.8 cm³/mol. The van der Waals surface area contributed by atoms with Crippen molar-refractivity contribution in [3.05, 3.63) is 29.8 Å². The smallest absolute Gasteiger partial charge is 0.150 e. The van der Waals surface area contributed by atoms with E-state index in [9.17, 15) is 4.79 Å². The quantitative estimate of drug-likeness (QED) is 0.641. The lowest BCUT2D eigenvalue weighted by Crippen LogP contribution is -1.74. The minimum Gasteiger partial charge on any atom is -0.508 e. The highest BCUT2D eigenvalue weighted by Gasteiger charge is 1.86. The van der Waals surface area contributed by atoms with Gasteiger partial charge >= 0.3 is 0 Å². The predicted octanol–water partition coefficient (Wildman–Crippen LogP) is 1.73. The Morgan fingerprint density at radius 1 is 1.42 bits per heavy atom. The Kier molecular flexibility index (Phi) is 5.03. The zero-order valence-corrected chi connectivity index (χ0v) is 6.69. The van der Waals surface area contributed by atoms with Crippen LogP contribution in [0.3, 0.4) is 0 Å². The van der Waals surface area contributed by atoms with Gasteiger partial charge in [0.15, 0.2) is 0 Å². The molecule has 1 aromatic rings. The number of rotatable bonds is 1. The first-order chi connectivity index (χ1) is 5.74. The van der Waals surface area contributed by atoms with Crippen LogP contribution in [0.2, 0.25) is 0 Å². The summed E-state index contributed by atoms with van der Waals surface area (Å²) < 4.78 is 0. The van der Waals surface area contributed by atoms with Gasteiger partial charge in [-0.1, -0.05) is 0 Å². The number of nitrogens with zero attached hydrogens (tertiary/aromatic N) is 1. The normalized spacial score (nSPS) is 7.33. The molecule has 0 unspecified atom stereocenters. The van der Waals surface area contributed by atoms with Crippen molar-refractivity contribution in [2.45, 2.75) is 6.92 Å². The number of aromatic hydroxyl groups is 1. The van der Waals surface area contributed by atoms with Crippen molar-refractivity contribution in [2.75, 3.05) is 0 Å². The Morgan fingerprint density at radius 2 is 1.83 bits per heavy atom. The summed E-state index contributed by atoms with van der Waals surface area (Å²) in [5.41, 5.74) is 0.577. The third-order valence-corrected chi connectivity index (χ3v) is 1.03. The van der Waals surface area contributed by atoms with Crippen LogP contribution in [-0.2, 0) is 0 Å². The summed E-state index contributed by atoms with van der Waals surface area (Å²) in [6.45, 7) is 1.43. The lowest BCUT2D eigenvalue weighted by Gasteiger charge is -1.88. The van der Waals surface area contributed by atoms with Gasteiger partial charge in [-0.25, -0.2) is 0 Å². The highest BCUT2D eigenvalue weighted by molar-refractivity contribution is 5.74. The molecule has 12 heavy (non-hydrogen) atoms. The minimum atomic E-state index is 0.181. The van der Waals surface area contributed by atoms with Crippen LogP contribution in [0, 0.1) is 11.3 Å². The van der Waals surface area contributed by atoms with E-state index in [-0.39, 0.29) is 5.75 Å². The van der Waals surface area contributed by atoms with Gasteiger partial charge in [0.1, 0.15) is 12.0 Å². The molecule has 0 radical (unpaired) electrons. The van der Waals surface area contributed by atoms with Gasteiger partial charge in [0, 0.05) is 12.5 Å².